The van der Waals surface area contributed by atoms with Crippen LogP contribution in [0.4, 0.5) is 0 Å². The van der Waals surface area contributed by atoms with E-state index in [9.17, 15) is 0 Å². The van der Waals surface area contributed by atoms with E-state index in [1.165, 1.54) is 6.42 Å². The summed E-state index contributed by atoms with van der Waals surface area (Å²) in [5.74, 6) is 1.85. The highest BCUT2D eigenvalue weighted by Gasteiger charge is 2.26. The lowest BCUT2D eigenvalue weighted by Gasteiger charge is -2.23. The van der Waals surface area contributed by atoms with Crippen LogP contribution < -0.4 is 0 Å². The molecule has 0 aromatic carbocycles. The van der Waals surface area contributed by atoms with Gasteiger partial charge < -0.3 is 5.11 Å². The van der Waals surface area contributed by atoms with Crippen molar-refractivity contribution < 1.29 is 5.11 Å². The largest absolute Gasteiger partial charge is 0.395 e. The zero-order chi connectivity index (χ0) is 13.9. The lowest BCUT2D eigenvalue weighted by atomic mass is 10.1. The van der Waals surface area contributed by atoms with Crippen LogP contribution in [-0.2, 0) is 0 Å². The van der Waals surface area contributed by atoms with Crippen molar-refractivity contribution in [2.75, 3.05) is 19.7 Å². The van der Waals surface area contributed by atoms with Crippen LogP contribution >= 0.6 is 0 Å². The summed E-state index contributed by atoms with van der Waals surface area (Å²) in [6.07, 6.45) is 6.00. The van der Waals surface area contributed by atoms with Gasteiger partial charge in [-0.15, -0.1) is 0 Å². The Balaban J connectivity index is 1.90. The van der Waals surface area contributed by atoms with Crippen LogP contribution in [0.15, 0.2) is 30.6 Å². The van der Waals surface area contributed by atoms with E-state index in [0.717, 1.165) is 36.8 Å². The van der Waals surface area contributed by atoms with Gasteiger partial charge in [0.2, 0.25) is 0 Å². The number of pyridine rings is 1. The van der Waals surface area contributed by atoms with Gasteiger partial charge in [-0.3, -0.25) is 9.47 Å². The number of likely N-dealkylation sites (tertiary alicyclic amines) is 1. The van der Waals surface area contributed by atoms with Crippen molar-refractivity contribution in [3.05, 3.63) is 42.1 Å². The molecule has 1 saturated heterocycles. The first kappa shape index (κ1) is 13.3. The molecule has 0 saturated carbocycles. The van der Waals surface area contributed by atoms with E-state index < -0.39 is 0 Å². The van der Waals surface area contributed by atoms with Crippen LogP contribution in [0.2, 0.25) is 0 Å². The van der Waals surface area contributed by atoms with E-state index >= 15 is 0 Å². The molecular formula is C15H20N4O. The number of rotatable bonds is 4. The smallest absolute Gasteiger partial charge is 0.138 e. The molecule has 106 valence electrons. The molecule has 0 unspecified atom stereocenters. The fraction of sp³-hybridized carbons (Fsp3) is 0.467. The van der Waals surface area contributed by atoms with Gasteiger partial charge >= 0.3 is 0 Å². The van der Waals surface area contributed by atoms with Crippen molar-refractivity contribution in [2.45, 2.75) is 25.8 Å². The molecular weight excluding hydrogens is 252 g/mol. The summed E-state index contributed by atoms with van der Waals surface area (Å²) in [6.45, 7) is 3.95. The fourth-order valence-electron chi connectivity index (χ4n) is 2.94. The average Bonchev–Trinajstić information content (AvgIpc) is 3.08. The maximum atomic E-state index is 9.16. The standard InChI is InChI=1S/C15H20N4O/c1-12-16-7-9-19(12)15-6-2-4-13(17-15)14-5-3-8-18(14)10-11-20/h2,4,6-7,9,14,20H,3,5,8,10-11H2,1H3/t14-/m0/s1. The predicted octanol–water partition coefficient (Wildman–Crippen LogP) is 1.70. The van der Waals surface area contributed by atoms with Crippen LogP contribution in [0.3, 0.4) is 0 Å². The second-order valence-corrected chi connectivity index (χ2v) is 5.18. The number of β-amino-alcohol motifs (C(OH)–C–C–N with tert-alkyl or cyclic N) is 1. The molecule has 2 aromatic rings. The minimum atomic E-state index is 0.205. The minimum Gasteiger partial charge on any atom is -0.395 e. The molecule has 5 heteroatoms. The fourth-order valence-corrected chi connectivity index (χ4v) is 2.94. The van der Waals surface area contributed by atoms with Crippen LogP contribution in [0.25, 0.3) is 5.82 Å². The molecule has 5 nitrogen and oxygen atoms in total. The zero-order valence-electron chi connectivity index (χ0n) is 11.7. The maximum absolute atomic E-state index is 9.16. The van der Waals surface area contributed by atoms with Gasteiger partial charge in [0.1, 0.15) is 11.6 Å². The monoisotopic (exact) mass is 272 g/mol. The van der Waals surface area contributed by atoms with Crippen molar-refractivity contribution in [1.82, 2.24) is 19.4 Å². The van der Waals surface area contributed by atoms with E-state index in [1.807, 2.05) is 29.8 Å². The second kappa shape index (κ2) is 5.73. The van der Waals surface area contributed by atoms with Crippen molar-refractivity contribution in [3.8, 4) is 5.82 Å². The highest BCUT2D eigenvalue weighted by Crippen LogP contribution is 2.30. The van der Waals surface area contributed by atoms with Crippen LogP contribution in [0.5, 0.6) is 0 Å². The Morgan fingerprint density at radius 3 is 3.05 bits per heavy atom. The molecule has 3 rings (SSSR count). The van der Waals surface area contributed by atoms with Gasteiger partial charge in [-0.2, -0.15) is 0 Å². The summed E-state index contributed by atoms with van der Waals surface area (Å²) in [5, 5.41) is 9.16. The summed E-state index contributed by atoms with van der Waals surface area (Å²) >= 11 is 0. The van der Waals surface area contributed by atoms with Gasteiger partial charge in [0.25, 0.3) is 0 Å². The van der Waals surface area contributed by atoms with Crippen molar-refractivity contribution in [2.24, 2.45) is 0 Å². The summed E-state index contributed by atoms with van der Waals surface area (Å²) in [4.78, 5) is 11.3. The first-order valence-corrected chi connectivity index (χ1v) is 7.12. The van der Waals surface area contributed by atoms with E-state index in [4.69, 9.17) is 10.1 Å². The van der Waals surface area contributed by atoms with Crippen molar-refractivity contribution >= 4 is 0 Å². The third-order valence-electron chi connectivity index (χ3n) is 3.92. The summed E-state index contributed by atoms with van der Waals surface area (Å²) in [7, 11) is 0. The van der Waals surface area contributed by atoms with E-state index in [-0.39, 0.29) is 6.61 Å². The number of hydrogen-bond donors (Lipinski definition) is 1. The Morgan fingerprint density at radius 1 is 1.40 bits per heavy atom. The predicted molar refractivity (Wildman–Crippen MR) is 76.7 cm³/mol. The SMILES string of the molecule is Cc1nccn1-c1cccc([C@@H]2CCCN2CCO)n1. The number of aliphatic hydroxyl groups is 1. The quantitative estimate of drug-likeness (QED) is 0.920. The van der Waals surface area contributed by atoms with Crippen LogP contribution in [0, 0.1) is 6.92 Å². The molecule has 0 bridgehead atoms. The lowest BCUT2D eigenvalue weighted by molar-refractivity contribution is 0.183. The molecule has 0 spiro atoms. The summed E-state index contributed by atoms with van der Waals surface area (Å²) in [6, 6.07) is 6.46. The molecule has 0 aliphatic carbocycles. The number of aryl methyl sites for hydroxylation is 1. The molecule has 0 radical (unpaired) electrons. The third kappa shape index (κ3) is 2.46. The highest BCUT2D eigenvalue weighted by molar-refractivity contribution is 5.28. The van der Waals surface area contributed by atoms with Gasteiger partial charge in [-0.25, -0.2) is 9.97 Å². The van der Waals surface area contributed by atoms with Crippen molar-refractivity contribution in [1.29, 1.82) is 0 Å². The van der Waals surface area contributed by atoms with Crippen LogP contribution in [-0.4, -0.2) is 44.2 Å². The molecule has 3 heterocycles. The number of aliphatic hydroxyl groups excluding tert-OH is 1. The molecule has 20 heavy (non-hydrogen) atoms. The highest BCUT2D eigenvalue weighted by atomic mass is 16.3. The molecule has 1 aliphatic rings. The summed E-state index contributed by atoms with van der Waals surface area (Å²) in [5.41, 5.74) is 1.08. The number of nitrogens with zero attached hydrogens (tertiary/aromatic N) is 4. The molecule has 2 aromatic heterocycles. The summed E-state index contributed by atoms with van der Waals surface area (Å²) < 4.78 is 1.99. The van der Waals surface area contributed by atoms with Gasteiger partial charge in [-0.1, -0.05) is 6.07 Å². The molecule has 1 aliphatic heterocycles. The Labute approximate surface area is 118 Å². The normalized spacial score (nSPS) is 19.6. The Morgan fingerprint density at radius 2 is 2.30 bits per heavy atom. The number of aromatic nitrogens is 3. The molecule has 0 amide bonds. The van der Waals surface area contributed by atoms with Gasteiger partial charge in [-0.05, 0) is 38.4 Å². The Hall–Kier alpha value is -1.72. The van der Waals surface area contributed by atoms with E-state index in [1.54, 1.807) is 6.20 Å². The van der Waals surface area contributed by atoms with Gasteiger partial charge in [0.15, 0.2) is 0 Å². The maximum Gasteiger partial charge on any atom is 0.138 e. The number of hydrogen-bond acceptors (Lipinski definition) is 4. The first-order valence-electron chi connectivity index (χ1n) is 7.12. The minimum absolute atomic E-state index is 0.205. The van der Waals surface area contributed by atoms with Crippen molar-refractivity contribution in [3.63, 3.8) is 0 Å². The Kier molecular flexibility index (Phi) is 3.80. The lowest BCUT2D eigenvalue weighted by Crippen LogP contribution is -2.27. The van der Waals surface area contributed by atoms with Crippen LogP contribution in [0.1, 0.15) is 30.4 Å². The average molecular weight is 272 g/mol. The number of imidazole rings is 1. The Bertz CT molecular complexity index is 581. The topological polar surface area (TPSA) is 54.2 Å². The first-order chi connectivity index (χ1) is 9.79. The van der Waals surface area contributed by atoms with E-state index in [2.05, 4.69) is 16.0 Å². The second-order valence-electron chi connectivity index (χ2n) is 5.18. The molecule has 1 N–H and O–H groups in total. The zero-order valence-corrected chi connectivity index (χ0v) is 11.7. The van der Waals surface area contributed by atoms with E-state index in [0.29, 0.717) is 6.04 Å². The molecule has 1 fully saturated rings. The van der Waals surface area contributed by atoms with Gasteiger partial charge in [0, 0.05) is 18.9 Å². The van der Waals surface area contributed by atoms with Gasteiger partial charge in [0.05, 0.1) is 18.3 Å². The third-order valence-corrected chi connectivity index (χ3v) is 3.92. The molecule has 1 atom stereocenters.